The van der Waals surface area contributed by atoms with Gasteiger partial charge in [-0.3, -0.25) is 0 Å². The summed E-state index contributed by atoms with van der Waals surface area (Å²) in [6.07, 6.45) is 5.54. The molecule has 2 saturated heterocycles. The topological polar surface area (TPSA) is 15.3 Å². The van der Waals surface area contributed by atoms with E-state index < -0.39 is 0 Å². The molecule has 0 spiro atoms. The smallest absolute Gasteiger partial charge is 0.0166 e. The Kier molecular flexibility index (Phi) is 4.14. The van der Waals surface area contributed by atoms with Crippen molar-refractivity contribution in [1.29, 1.82) is 0 Å². The maximum atomic E-state index is 3.68. The highest BCUT2D eigenvalue weighted by atomic mass is 32.2. The molecule has 0 amide bonds. The third kappa shape index (κ3) is 2.88. The monoisotopic (exact) mass is 214 g/mol. The molecule has 0 aliphatic carbocycles. The average Bonchev–Trinajstić information content (AvgIpc) is 2.78. The van der Waals surface area contributed by atoms with E-state index in [1.54, 1.807) is 0 Å². The molecule has 2 heterocycles. The van der Waals surface area contributed by atoms with Gasteiger partial charge < -0.3 is 10.2 Å². The van der Waals surface area contributed by atoms with E-state index in [4.69, 9.17) is 0 Å². The predicted octanol–water partition coefficient (Wildman–Crippen LogP) is 1.57. The molecule has 2 fully saturated rings. The molecule has 0 aromatic carbocycles. The molecule has 2 nitrogen and oxygen atoms in total. The van der Waals surface area contributed by atoms with Gasteiger partial charge in [0, 0.05) is 17.8 Å². The summed E-state index contributed by atoms with van der Waals surface area (Å²) in [5.74, 6) is 2.70. The van der Waals surface area contributed by atoms with Crippen LogP contribution in [0.2, 0.25) is 0 Å². The molecule has 0 radical (unpaired) electrons. The van der Waals surface area contributed by atoms with Crippen molar-refractivity contribution in [1.82, 2.24) is 10.2 Å². The van der Waals surface area contributed by atoms with Gasteiger partial charge in [-0.1, -0.05) is 0 Å². The summed E-state index contributed by atoms with van der Waals surface area (Å²) in [5, 5.41) is 3.68. The van der Waals surface area contributed by atoms with Crippen molar-refractivity contribution < 1.29 is 0 Å². The highest BCUT2D eigenvalue weighted by Crippen LogP contribution is 2.19. The first kappa shape index (κ1) is 10.8. The third-order valence-corrected chi connectivity index (χ3v) is 4.67. The number of likely N-dealkylation sites (tertiary alicyclic amines) is 1. The lowest BCUT2D eigenvalue weighted by molar-refractivity contribution is 0.291. The highest BCUT2D eigenvalue weighted by molar-refractivity contribution is 7.99. The van der Waals surface area contributed by atoms with Gasteiger partial charge in [-0.2, -0.15) is 11.8 Å². The normalized spacial score (nSPS) is 34.1. The summed E-state index contributed by atoms with van der Waals surface area (Å²) in [5.41, 5.74) is 0. The zero-order chi connectivity index (χ0) is 9.80. The summed E-state index contributed by atoms with van der Waals surface area (Å²) < 4.78 is 0. The van der Waals surface area contributed by atoms with Crippen LogP contribution in [0.25, 0.3) is 0 Å². The van der Waals surface area contributed by atoms with E-state index in [0.717, 1.165) is 12.1 Å². The molecule has 2 rings (SSSR count). The van der Waals surface area contributed by atoms with Crippen LogP contribution in [0.5, 0.6) is 0 Å². The Morgan fingerprint density at radius 1 is 1.43 bits per heavy atom. The van der Waals surface area contributed by atoms with Gasteiger partial charge in [0.1, 0.15) is 0 Å². The molecular weight excluding hydrogens is 192 g/mol. The largest absolute Gasteiger partial charge is 0.313 e. The van der Waals surface area contributed by atoms with E-state index in [9.17, 15) is 0 Å². The fourth-order valence-corrected chi connectivity index (χ4v) is 3.68. The number of rotatable bonds is 4. The van der Waals surface area contributed by atoms with Crippen LogP contribution in [0, 0.1) is 0 Å². The Morgan fingerprint density at radius 3 is 3.00 bits per heavy atom. The van der Waals surface area contributed by atoms with Gasteiger partial charge in [0.15, 0.2) is 0 Å². The minimum absolute atomic E-state index is 0.812. The Bertz CT molecular complexity index is 169. The molecule has 3 heteroatoms. The zero-order valence-electron chi connectivity index (χ0n) is 9.17. The summed E-state index contributed by atoms with van der Waals surface area (Å²) in [7, 11) is 2.27. The van der Waals surface area contributed by atoms with Crippen LogP contribution in [0.3, 0.4) is 0 Å². The molecule has 14 heavy (non-hydrogen) atoms. The van der Waals surface area contributed by atoms with E-state index in [0.29, 0.717) is 0 Å². The van der Waals surface area contributed by atoms with Gasteiger partial charge in [-0.15, -0.1) is 0 Å². The van der Waals surface area contributed by atoms with Crippen molar-refractivity contribution >= 4 is 11.8 Å². The van der Waals surface area contributed by atoms with Gasteiger partial charge in [-0.25, -0.2) is 0 Å². The predicted molar refractivity (Wildman–Crippen MR) is 64.0 cm³/mol. The number of hydrogen-bond acceptors (Lipinski definition) is 3. The van der Waals surface area contributed by atoms with Crippen LogP contribution in [0.15, 0.2) is 0 Å². The van der Waals surface area contributed by atoms with Gasteiger partial charge in [-0.05, 0) is 51.6 Å². The summed E-state index contributed by atoms with van der Waals surface area (Å²) in [4.78, 5) is 2.52. The second-order valence-electron chi connectivity index (χ2n) is 4.58. The molecule has 0 bridgehead atoms. The van der Waals surface area contributed by atoms with E-state index in [1.807, 2.05) is 0 Å². The summed E-state index contributed by atoms with van der Waals surface area (Å²) in [6.45, 7) is 2.53. The molecule has 2 unspecified atom stereocenters. The van der Waals surface area contributed by atoms with Crippen molar-refractivity contribution in [2.45, 2.75) is 37.8 Å². The van der Waals surface area contributed by atoms with E-state index >= 15 is 0 Å². The Hall–Kier alpha value is 0.270. The lowest BCUT2D eigenvalue weighted by Crippen LogP contribution is -2.34. The van der Waals surface area contributed by atoms with Gasteiger partial charge >= 0.3 is 0 Å². The molecule has 0 aromatic heterocycles. The number of hydrogen-bond donors (Lipinski definition) is 1. The summed E-state index contributed by atoms with van der Waals surface area (Å²) >= 11 is 2.09. The molecule has 2 atom stereocenters. The fourth-order valence-electron chi connectivity index (χ4n) is 2.49. The minimum atomic E-state index is 0.812. The number of thioether (sulfide) groups is 1. The molecule has 2 aliphatic heterocycles. The van der Waals surface area contributed by atoms with Crippen LogP contribution in [-0.4, -0.2) is 48.6 Å². The lowest BCUT2D eigenvalue weighted by atomic mass is 10.1. The maximum Gasteiger partial charge on any atom is 0.0166 e. The van der Waals surface area contributed by atoms with Crippen LogP contribution < -0.4 is 5.32 Å². The first-order chi connectivity index (χ1) is 6.86. The molecule has 2 aliphatic rings. The Balaban J connectivity index is 1.57. The quantitative estimate of drug-likeness (QED) is 0.765. The van der Waals surface area contributed by atoms with Crippen molar-refractivity contribution in [3.05, 3.63) is 0 Å². The highest BCUT2D eigenvalue weighted by Gasteiger charge is 2.21. The van der Waals surface area contributed by atoms with E-state index in [1.165, 1.54) is 50.3 Å². The SMILES string of the molecule is CN1CCCC1CCNC1CCSC1. The Labute approximate surface area is 91.8 Å². The molecule has 0 saturated carbocycles. The molecule has 82 valence electrons. The number of nitrogens with zero attached hydrogens (tertiary/aromatic N) is 1. The van der Waals surface area contributed by atoms with Crippen LogP contribution in [0.4, 0.5) is 0 Å². The summed E-state index contributed by atoms with van der Waals surface area (Å²) in [6, 6.07) is 1.67. The van der Waals surface area contributed by atoms with Crippen LogP contribution in [0.1, 0.15) is 25.7 Å². The van der Waals surface area contributed by atoms with E-state index in [-0.39, 0.29) is 0 Å². The maximum absolute atomic E-state index is 3.68. The van der Waals surface area contributed by atoms with Crippen molar-refractivity contribution in [3.8, 4) is 0 Å². The fraction of sp³-hybridized carbons (Fsp3) is 1.00. The number of nitrogens with one attached hydrogen (secondary N) is 1. The molecule has 1 N–H and O–H groups in total. The molecule has 0 aromatic rings. The standard InChI is InChI=1S/C11H22N2S/c1-13-7-2-3-11(13)4-6-12-10-5-8-14-9-10/h10-12H,2-9H2,1H3. The minimum Gasteiger partial charge on any atom is -0.313 e. The second-order valence-corrected chi connectivity index (χ2v) is 5.73. The van der Waals surface area contributed by atoms with Gasteiger partial charge in [0.05, 0.1) is 0 Å². The average molecular weight is 214 g/mol. The van der Waals surface area contributed by atoms with Crippen LogP contribution in [-0.2, 0) is 0 Å². The van der Waals surface area contributed by atoms with Gasteiger partial charge in [0.25, 0.3) is 0 Å². The van der Waals surface area contributed by atoms with Gasteiger partial charge in [0.2, 0.25) is 0 Å². The zero-order valence-corrected chi connectivity index (χ0v) is 9.98. The molecular formula is C11H22N2S. The lowest BCUT2D eigenvalue weighted by Gasteiger charge is -2.20. The van der Waals surface area contributed by atoms with Crippen molar-refractivity contribution in [3.63, 3.8) is 0 Å². The Morgan fingerprint density at radius 2 is 2.36 bits per heavy atom. The van der Waals surface area contributed by atoms with Crippen LogP contribution >= 0.6 is 11.8 Å². The first-order valence-electron chi connectivity index (χ1n) is 5.87. The van der Waals surface area contributed by atoms with Crippen molar-refractivity contribution in [2.75, 3.05) is 31.6 Å². The van der Waals surface area contributed by atoms with Crippen molar-refractivity contribution in [2.24, 2.45) is 0 Å². The van der Waals surface area contributed by atoms with E-state index in [2.05, 4.69) is 29.0 Å². The first-order valence-corrected chi connectivity index (χ1v) is 7.03. The second kappa shape index (κ2) is 5.38. The third-order valence-electron chi connectivity index (χ3n) is 3.51.